The second-order valence-corrected chi connectivity index (χ2v) is 7.94. The number of amides is 1. The third-order valence-corrected chi connectivity index (χ3v) is 6.21. The molecule has 0 unspecified atom stereocenters. The second-order valence-electron chi connectivity index (χ2n) is 6.31. The molecule has 6 heteroatoms. The molecule has 0 aliphatic carbocycles. The summed E-state index contributed by atoms with van der Waals surface area (Å²) in [5.41, 5.74) is 2.29. The molecule has 2 aromatic rings. The fourth-order valence-corrected chi connectivity index (χ4v) is 4.31. The molecule has 25 heavy (non-hydrogen) atoms. The summed E-state index contributed by atoms with van der Waals surface area (Å²) in [4.78, 5) is 18.5. The lowest BCUT2D eigenvalue weighted by Gasteiger charge is -2.37. The number of carbonyl (C=O) groups excluding carboxylic acids is 1. The molecule has 2 heterocycles. The van der Waals surface area contributed by atoms with Crippen molar-refractivity contribution in [2.24, 2.45) is 0 Å². The Morgan fingerprint density at radius 3 is 2.68 bits per heavy atom. The number of carbonyl (C=O) groups is 1. The first kappa shape index (κ1) is 18.5. The monoisotopic (exact) mass is 375 g/mol. The van der Waals surface area contributed by atoms with E-state index >= 15 is 0 Å². The van der Waals surface area contributed by atoms with Crippen LogP contribution in [0.4, 0.5) is 5.69 Å². The van der Waals surface area contributed by atoms with E-state index in [4.69, 9.17) is 0 Å². The zero-order valence-electron chi connectivity index (χ0n) is 14.8. The van der Waals surface area contributed by atoms with Gasteiger partial charge in [0.15, 0.2) is 0 Å². The van der Waals surface area contributed by atoms with E-state index in [1.807, 2.05) is 37.4 Å². The Kier molecular flexibility index (Phi) is 6.53. The number of hydrogen-bond acceptors (Lipinski definition) is 5. The van der Waals surface area contributed by atoms with Crippen molar-refractivity contribution in [1.29, 1.82) is 0 Å². The molecule has 0 saturated carbocycles. The normalized spacial score (nSPS) is 17.4. The highest BCUT2D eigenvalue weighted by atomic mass is 32.2. The molecule has 0 radical (unpaired) electrons. The van der Waals surface area contributed by atoms with Gasteiger partial charge < -0.3 is 5.32 Å². The largest absolute Gasteiger partial charge is 0.324 e. The molecule has 1 aromatic carbocycles. The van der Waals surface area contributed by atoms with Gasteiger partial charge in [0, 0.05) is 37.6 Å². The fourth-order valence-electron chi connectivity index (χ4n) is 3.10. The van der Waals surface area contributed by atoms with E-state index < -0.39 is 0 Å². The van der Waals surface area contributed by atoms with Crippen LogP contribution in [0.5, 0.6) is 0 Å². The van der Waals surface area contributed by atoms with E-state index in [0.29, 0.717) is 0 Å². The first-order valence-electron chi connectivity index (χ1n) is 8.58. The Morgan fingerprint density at radius 1 is 1.24 bits per heavy atom. The number of thiophene rings is 1. The SMILES string of the molecule is CSc1ccccc1NC(=O)[C@@H](C)N1CCN(Cc2ccsc2)CC1. The molecule has 0 spiro atoms. The van der Waals surface area contributed by atoms with Crippen molar-refractivity contribution in [2.45, 2.75) is 24.4 Å². The van der Waals surface area contributed by atoms with Crippen LogP contribution in [0, 0.1) is 0 Å². The topological polar surface area (TPSA) is 35.6 Å². The van der Waals surface area contributed by atoms with Crippen molar-refractivity contribution in [3.05, 3.63) is 46.7 Å². The molecule has 1 aromatic heterocycles. The summed E-state index contributed by atoms with van der Waals surface area (Å²) in [5.74, 6) is 0.0767. The first-order chi connectivity index (χ1) is 12.2. The lowest BCUT2D eigenvalue weighted by molar-refractivity contribution is -0.121. The van der Waals surface area contributed by atoms with Crippen molar-refractivity contribution < 1.29 is 4.79 Å². The number of nitrogens with zero attached hydrogens (tertiary/aromatic N) is 2. The van der Waals surface area contributed by atoms with Gasteiger partial charge in [-0.05, 0) is 47.7 Å². The number of para-hydroxylation sites is 1. The van der Waals surface area contributed by atoms with Gasteiger partial charge in [-0.15, -0.1) is 11.8 Å². The standard InChI is InChI=1S/C19H25N3OS2/c1-15(19(23)20-17-5-3-4-6-18(17)24-2)22-10-8-21(9-11-22)13-16-7-12-25-14-16/h3-7,12,14-15H,8-11,13H2,1-2H3,(H,20,23)/t15-/m1/s1. The number of piperazine rings is 1. The van der Waals surface area contributed by atoms with E-state index in [-0.39, 0.29) is 11.9 Å². The maximum Gasteiger partial charge on any atom is 0.241 e. The highest BCUT2D eigenvalue weighted by molar-refractivity contribution is 7.98. The van der Waals surface area contributed by atoms with Gasteiger partial charge in [0.2, 0.25) is 5.91 Å². The van der Waals surface area contributed by atoms with Gasteiger partial charge in [-0.1, -0.05) is 12.1 Å². The van der Waals surface area contributed by atoms with E-state index in [0.717, 1.165) is 43.3 Å². The van der Waals surface area contributed by atoms with Crippen molar-refractivity contribution in [1.82, 2.24) is 9.80 Å². The summed E-state index contributed by atoms with van der Waals surface area (Å²) < 4.78 is 0. The molecular weight excluding hydrogens is 350 g/mol. The summed E-state index contributed by atoms with van der Waals surface area (Å²) >= 11 is 3.40. The quantitative estimate of drug-likeness (QED) is 0.783. The van der Waals surface area contributed by atoms with Crippen LogP contribution in [0.3, 0.4) is 0 Å². The molecule has 1 N–H and O–H groups in total. The van der Waals surface area contributed by atoms with Crippen LogP contribution in [-0.2, 0) is 11.3 Å². The molecule has 1 fully saturated rings. The van der Waals surface area contributed by atoms with Crippen LogP contribution in [0.2, 0.25) is 0 Å². The van der Waals surface area contributed by atoms with Crippen molar-refractivity contribution in [3.63, 3.8) is 0 Å². The van der Waals surface area contributed by atoms with Gasteiger partial charge in [0.25, 0.3) is 0 Å². The highest BCUT2D eigenvalue weighted by Gasteiger charge is 2.26. The smallest absolute Gasteiger partial charge is 0.241 e. The summed E-state index contributed by atoms with van der Waals surface area (Å²) in [5, 5.41) is 7.44. The molecule has 1 aliphatic heterocycles. The van der Waals surface area contributed by atoms with Gasteiger partial charge in [-0.25, -0.2) is 0 Å². The minimum Gasteiger partial charge on any atom is -0.324 e. The Morgan fingerprint density at radius 2 is 2.00 bits per heavy atom. The fraction of sp³-hybridized carbons (Fsp3) is 0.421. The number of benzene rings is 1. The second kappa shape index (κ2) is 8.85. The van der Waals surface area contributed by atoms with Crippen molar-refractivity contribution in [2.75, 3.05) is 37.8 Å². The predicted octanol–water partition coefficient (Wildman–Crippen LogP) is 3.61. The third kappa shape index (κ3) is 4.85. The highest BCUT2D eigenvalue weighted by Crippen LogP contribution is 2.25. The minimum absolute atomic E-state index is 0.0767. The lowest BCUT2D eigenvalue weighted by atomic mass is 10.2. The van der Waals surface area contributed by atoms with E-state index in [1.165, 1.54) is 5.56 Å². The molecule has 1 saturated heterocycles. The maximum atomic E-state index is 12.6. The van der Waals surface area contributed by atoms with Crippen LogP contribution >= 0.6 is 23.1 Å². The maximum absolute atomic E-state index is 12.6. The predicted molar refractivity (Wildman–Crippen MR) is 107 cm³/mol. The number of hydrogen-bond donors (Lipinski definition) is 1. The number of rotatable bonds is 6. The van der Waals surface area contributed by atoms with Gasteiger partial charge in [-0.3, -0.25) is 14.6 Å². The summed E-state index contributed by atoms with van der Waals surface area (Å²) in [6.07, 6.45) is 2.03. The zero-order valence-corrected chi connectivity index (χ0v) is 16.4. The van der Waals surface area contributed by atoms with Gasteiger partial charge in [0.1, 0.15) is 0 Å². The van der Waals surface area contributed by atoms with Crippen molar-refractivity contribution in [3.8, 4) is 0 Å². The van der Waals surface area contributed by atoms with Crippen LogP contribution in [-0.4, -0.2) is 54.2 Å². The molecule has 134 valence electrons. The molecule has 4 nitrogen and oxygen atoms in total. The molecule has 1 amide bonds. The zero-order chi connectivity index (χ0) is 17.6. The van der Waals surface area contributed by atoms with Crippen LogP contribution in [0.25, 0.3) is 0 Å². The van der Waals surface area contributed by atoms with E-state index in [1.54, 1.807) is 23.1 Å². The van der Waals surface area contributed by atoms with Gasteiger partial charge in [0.05, 0.1) is 11.7 Å². The third-order valence-electron chi connectivity index (χ3n) is 4.69. The van der Waals surface area contributed by atoms with E-state index in [2.05, 4.69) is 31.9 Å². The Balaban J connectivity index is 1.51. The van der Waals surface area contributed by atoms with Crippen LogP contribution in [0.1, 0.15) is 12.5 Å². The number of nitrogens with one attached hydrogen (secondary N) is 1. The summed E-state index contributed by atoms with van der Waals surface area (Å²) in [7, 11) is 0. The first-order valence-corrected chi connectivity index (χ1v) is 10.8. The molecular formula is C19H25N3OS2. The Bertz CT molecular complexity index is 682. The molecule has 0 bridgehead atoms. The van der Waals surface area contributed by atoms with Crippen LogP contribution < -0.4 is 5.32 Å². The Hall–Kier alpha value is -1.34. The summed E-state index contributed by atoms with van der Waals surface area (Å²) in [6, 6.07) is 10.0. The molecule has 3 rings (SSSR count). The number of thioether (sulfide) groups is 1. The molecule has 1 atom stereocenters. The average Bonchev–Trinajstić information content (AvgIpc) is 3.15. The van der Waals surface area contributed by atoms with Gasteiger partial charge >= 0.3 is 0 Å². The van der Waals surface area contributed by atoms with E-state index in [9.17, 15) is 4.79 Å². The summed E-state index contributed by atoms with van der Waals surface area (Å²) in [6.45, 7) is 6.90. The average molecular weight is 376 g/mol. The minimum atomic E-state index is -0.113. The van der Waals surface area contributed by atoms with Crippen LogP contribution in [0.15, 0.2) is 46.0 Å². The van der Waals surface area contributed by atoms with Crippen molar-refractivity contribution >= 4 is 34.7 Å². The number of anilines is 1. The molecule has 1 aliphatic rings. The van der Waals surface area contributed by atoms with Gasteiger partial charge in [-0.2, -0.15) is 11.3 Å². The Labute approximate surface area is 158 Å². The lowest BCUT2D eigenvalue weighted by Crippen LogP contribution is -2.52.